The minimum Gasteiger partial charge on any atom is -0.497 e. The lowest BCUT2D eigenvalue weighted by Crippen LogP contribution is -2.47. The maximum Gasteiger partial charge on any atom is 0.242 e. The summed E-state index contributed by atoms with van der Waals surface area (Å²) in [5.74, 6) is 1.03. The molecule has 1 atom stereocenters. The predicted molar refractivity (Wildman–Crippen MR) is 121 cm³/mol. The molecule has 0 bridgehead atoms. The lowest BCUT2D eigenvalue weighted by Gasteiger charge is -2.29. The van der Waals surface area contributed by atoms with Gasteiger partial charge >= 0.3 is 0 Å². The van der Waals surface area contributed by atoms with Crippen LogP contribution in [0.3, 0.4) is 0 Å². The van der Waals surface area contributed by atoms with E-state index in [1.165, 1.54) is 5.56 Å². The fourth-order valence-electron chi connectivity index (χ4n) is 3.34. The summed E-state index contributed by atoms with van der Waals surface area (Å²) >= 11 is 0. The zero-order valence-electron chi connectivity index (χ0n) is 18.8. The van der Waals surface area contributed by atoms with E-state index >= 15 is 0 Å². The zero-order chi connectivity index (χ0) is 22.1. The Morgan fingerprint density at radius 3 is 2.33 bits per heavy atom. The molecule has 0 aliphatic carbocycles. The first kappa shape index (κ1) is 23.5. The summed E-state index contributed by atoms with van der Waals surface area (Å²) in [5.41, 5.74) is 3.34. The van der Waals surface area contributed by atoms with Gasteiger partial charge in [-0.1, -0.05) is 50.2 Å². The van der Waals surface area contributed by atoms with E-state index in [4.69, 9.17) is 4.74 Å². The van der Waals surface area contributed by atoms with Crippen LogP contribution >= 0.6 is 0 Å². The van der Waals surface area contributed by atoms with Crippen molar-refractivity contribution in [3.63, 3.8) is 0 Å². The SMILES string of the molecule is CCNC(=O)[C@@H](C)N(Cc1cccc(OC)c1)C(=O)CCc1ccc(C(C)C)cc1. The molecule has 0 radical (unpaired) electrons. The molecule has 30 heavy (non-hydrogen) atoms. The molecule has 2 aromatic rings. The van der Waals surface area contributed by atoms with Gasteiger partial charge in [0.25, 0.3) is 0 Å². The summed E-state index contributed by atoms with van der Waals surface area (Å²) in [6.45, 7) is 8.88. The Morgan fingerprint density at radius 2 is 1.73 bits per heavy atom. The second-order valence-corrected chi connectivity index (χ2v) is 7.84. The summed E-state index contributed by atoms with van der Waals surface area (Å²) in [4.78, 5) is 27.2. The lowest BCUT2D eigenvalue weighted by molar-refractivity contribution is -0.140. The van der Waals surface area contributed by atoms with Crippen molar-refractivity contribution in [2.24, 2.45) is 0 Å². The average molecular weight is 411 g/mol. The van der Waals surface area contributed by atoms with E-state index in [-0.39, 0.29) is 11.8 Å². The predicted octanol–water partition coefficient (Wildman–Crippen LogP) is 4.30. The van der Waals surface area contributed by atoms with Gasteiger partial charge in [-0.15, -0.1) is 0 Å². The third-order valence-electron chi connectivity index (χ3n) is 5.28. The number of rotatable bonds is 10. The third-order valence-corrected chi connectivity index (χ3v) is 5.28. The van der Waals surface area contributed by atoms with Gasteiger partial charge in [-0.3, -0.25) is 9.59 Å². The van der Waals surface area contributed by atoms with Gasteiger partial charge in [-0.05, 0) is 55.0 Å². The fourth-order valence-corrected chi connectivity index (χ4v) is 3.34. The minimum atomic E-state index is -0.549. The Bertz CT molecular complexity index is 831. The van der Waals surface area contributed by atoms with Gasteiger partial charge in [-0.2, -0.15) is 0 Å². The van der Waals surface area contributed by atoms with Crippen LogP contribution in [0.25, 0.3) is 0 Å². The van der Waals surface area contributed by atoms with Crippen LogP contribution in [-0.4, -0.2) is 36.4 Å². The van der Waals surface area contributed by atoms with Gasteiger partial charge in [0.1, 0.15) is 11.8 Å². The summed E-state index contributed by atoms with van der Waals surface area (Å²) in [6, 6.07) is 15.5. The number of hydrogen-bond acceptors (Lipinski definition) is 3. The molecule has 2 rings (SSSR count). The average Bonchev–Trinajstić information content (AvgIpc) is 2.75. The van der Waals surface area contributed by atoms with E-state index < -0.39 is 6.04 Å². The number of benzene rings is 2. The van der Waals surface area contributed by atoms with Gasteiger partial charge in [0.15, 0.2) is 0 Å². The molecule has 5 nitrogen and oxygen atoms in total. The van der Waals surface area contributed by atoms with Crippen LogP contribution in [0.4, 0.5) is 0 Å². The number of methoxy groups -OCH3 is 1. The molecule has 2 aromatic carbocycles. The van der Waals surface area contributed by atoms with Crippen molar-refractivity contribution in [1.29, 1.82) is 0 Å². The summed E-state index contributed by atoms with van der Waals surface area (Å²) in [6.07, 6.45) is 1.00. The molecule has 0 aliphatic heterocycles. The topological polar surface area (TPSA) is 58.6 Å². The Kier molecular flexibility index (Phi) is 8.90. The highest BCUT2D eigenvalue weighted by molar-refractivity contribution is 5.87. The molecule has 0 unspecified atom stereocenters. The van der Waals surface area contributed by atoms with E-state index in [2.05, 4.69) is 43.4 Å². The first-order chi connectivity index (χ1) is 14.3. The molecule has 2 amide bonds. The van der Waals surface area contributed by atoms with E-state index in [0.717, 1.165) is 16.9 Å². The number of likely N-dealkylation sites (N-methyl/N-ethyl adjacent to an activating group) is 1. The molecule has 1 N–H and O–H groups in total. The molecular weight excluding hydrogens is 376 g/mol. The van der Waals surface area contributed by atoms with Crippen LogP contribution in [0.15, 0.2) is 48.5 Å². The van der Waals surface area contributed by atoms with Gasteiger partial charge in [0.2, 0.25) is 11.8 Å². The van der Waals surface area contributed by atoms with Gasteiger partial charge in [0.05, 0.1) is 7.11 Å². The Morgan fingerprint density at radius 1 is 1.03 bits per heavy atom. The molecule has 0 saturated heterocycles. The minimum absolute atomic E-state index is 0.0375. The van der Waals surface area contributed by atoms with Crippen LogP contribution in [0.5, 0.6) is 5.75 Å². The van der Waals surface area contributed by atoms with Crippen LogP contribution < -0.4 is 10.1 Å². The van der Waals surface area contributed by atoms with Crippen LogP contribution in [0.2, 0.25) is 0 Å². The van der Waals surface area contributed by atoms with E-state index in [0.29, 0.717) is 31.8 Å². The van der Waals surface area contributed by atoms with E-state index in [1.54, 1.807) is 18.9 Å². The number of nitrogens with zero attached hydrogens (tertiary/aromatic N) is 1. The van der Waals surface area contributed by atoms with Gasteiger partial charge in [-0.25, -0.2) is 0 Å². The van der Waals surface area contributed by atoms with Crippen molar-refractivity contribution in [3.8, 4) is 5.75 Å². The molecule has 0 fully saturated rings. The zero-order valence-corrected chi connectivity index (χ0v) is 18.8. The number of ether oxygens (including phenoxy) is 1. The molecule has 0 aliphatic rings. The largest absolute Gasteiger partial charge is 0.497 e. The molecule has 0 heterocycles. The van der Waals surface area contributed by atoms with Crippen LogP contribution in [0, 0.1) is 0 Å². The molecular formula is C25H34N2O3. The quantitative estimate of drug-likeness (QED) is 0.635. The monoisotopic (exact) mass is 410 g/mol. The van der Waals surface area contributed by atoms with Crippen LogP contribution in [-0.2, 0) is 22.6 Å². The number of carbonyl (C=O) groups excluding carboxylic acids is 2. The van der Waals surface area contributed by atoms with E-state index in [9.17, 15) is 9.59 Å². The van der Waals surface area contributed by atoms with Crippen molar-refractivity contribution in [2.75, 3.05) is 13.7 Å². The number of carbonyl (C=O) groups is 2. The molecule has 162 valence electrons. The van der Waals surface area contributed by atoms with Crippen molar-refractivity contribution >= 4 is 11.8 Å². The Balaban J connectivity index is 2.13. The van der Waals surface area contributed by atoms with Crippen molar-refractivity contribution in [2.45, 2.75) is 59.0 Å². The van der Waals surface area contributed by atoms with Crippen molar-refractivity contribution < 1.29 is 14.3 Å². The highest BCUT2D eigenvalue weighted by Crippen LogP contribution is 2.18. The van der Waals surface area contributed by atoms with Crippen molar-refractivity contribution in [1.82, 2.24) is 10.2 Å². The maximum atomic E-state index is 13.1. The number of amides is 2. The molecule has 5 heteroatoms. The Hall–Kier alpha value is -2.82. The van der Waals surface area contributed by atoms with Gasteiger partial charge in [0, 0.05) is 19.5 Å². The summed E-state index contributed by atoms with van der Waals surface area (Å²) in [5, 5.41) is 2.82. The molecule has 0 spiro atoms. The molecule has 0 saturated carbocycles. The Labute approximate surface area is 180 Å². The fraction of sp³-hybridized carbons (Fsp3) is 0.440. The highest BCUT2D eigenvalue weighted by atomic mass is 16.5. The smallest absolute Gasteiger partial charge is 0.242 e. The normalized spacial score (nSPS) is 11.8. The van der Waals surface area contributed by atoms with Crippen LogP contribution in [0.1, 0.15) is 56.7 Å². The second-order valence-electron chi connectivity index (χ2n) is 7.84. The first-order valence-electron chi connectivity index (χ1n) is 10.6. The molecule has 0 aromatic heterocycles. The third kappa shape index (κ3) is 6.61. The second kappa shape index (κ2) is 11.4. The number of hydrogen-bond donors (Lipinski definition) is 1. The number of aryl methyl sites for hydroxylation is 1. The first-order valence-corrected chi connectivity index (χ1v) is 10.6. The highest BCUT2D eigenvalue weighted by Gasteiger charge is 2.25. The lowest BCUT2D eigenvalue weighted by atomic mass is 10.00. The summed E-state index contributed by atoms with van der Waals surface area (Å²) < 4.78 is 5.29. The summed E-state index contributed by atoms with van der Waals surface area (Å²) in [7, 11) is 1.61. The van der Waals surface area contributed by atoms with Crippen molar-refractivity contribution in [3.05, 3.63) is 65.2 Å². The maximum absolute atomic E-state index is 13.1. The van der Waals surface area contributed by atoms with E-state index in [1.807, 2.05) is 31.2 Å². The number of nitrogens with one attached hydrogen (secondary N) is 1. The van der Waals surface area contributed by atoms with Gasteiger partial charge < -0.3 is 15.0 Å². The standard InChI is InChI=1S/C25H34N2O3/c1-6-26-25(29)19(4)27(17-21-8-7-9-23(16-21)30-5)24(28)15-12-20-10-13-22(14-11-20)18(2)3/h7-11,13-14,16,18-19H,6,12,15,17H2,1-5H3,(H,26,29)/t19-/m1/s1.